The maximum atomic E-state index is 12.7. The zero-order valence-electron chi connectivity index (χ0n) is 19.3. The average Bonchev–Trinajstić information content (AvgIpc) is 2.82. The number of rotatable bonds is 5. The number of benzene rings is 1. The molecule has 1 saturated carbocycles. The summed E-state index contributed by atoms with van der Waals surface area (Å²) in [5.74, 6) is 2.07. The smallest absolute Gasteiger partial charge is 0.296 e. The predicted octanol–water partition coefficient (Wildman–Crippen LogP) is 5.94. The van der Waals surface area contributed by atoms with Gasteiger partial charge < -0.3 is 4.90 Å². The number of hydrogen-bond donors (Lipinski definition) is 1. The minimum absolute atomic E-state index is 0.149. The van der Waals surface area contributed by atoms with E-state index in [4.69, 9.17) is 0 Å². The van der Waals surface area contributed by atoms with E-state index in [0.717, 1.165) is 47.2 Å². The summed E-state index contributed by atoms with van der Waals surface area (Å²) in [6.45, 7) is 4.67. The van der Waals surface area contributed by atoms with E-state index in [1.54, 1.807) is 6.20 Å². The van der Waals surface area contributed by atoms with Gasteiger partial charge in [0, 0.05) is 25.0 Å². The molecule has 2 fully saturated rings. The number of aromatic nitrogens is 1. The molecule has 2 aliphatic rings. The predicted molar refractivity (Wildman–Crippen MR) is 128 cm³/mol. The van der Waals surface area contributed by atoms with Gasteiger partial charge in [-0.3, -0.25) is 15.0 Å². The Morgan fingerprint density at radius 3 is 2.50 bits per heavy atom. The molecular weight excluding hydrogens is 398 g/mol. The van der Waals surface area contributed by atoms with Gasteiger partial charge in [0.05, 0.1) is 6.54 Å². The molecule has 4 rings (SSSR count). The van der Waals surface area contributed by atoms with Crippen LogP contribution in [0.1, 0.15) is 74.3 Å². The molecule has 2 unspecified atom stereocenters. The number of carbonyl (C=O) groups excluding carboxylic acids is 1. The Morgan fingerprint density at radius 1 is 1.03 bits per heavy atom. The zero-order valence-corrected chi connectivity index (χ0v) is 19.3. The number of piperidine rings is 1. The number of carbonyl (C=O) groups is 1. The molecule has 172 valence electrons. The summed E-state index contributed by atoms with van der Waals surface area (Å²) in [5.41, 5.74) is 2.20. The lowest BCUT2D eigenvalue weighted by Gasteiger charge is -2.40. The van der Waals surface area contributed by atoms with Crippen LogP contribution in [0.25, 0.3) is 0 Å². The molecule has 1 amide bonds. The Kier molecular flexibility index (Phi) is 7.80. The summed E-state index contributed by atoms with van der Waals surface area (Å²) < 4.78 is 0. The van der Waals surface area contributed by atoms with Gasteiger partial charge in [-0.05, 0) is 54.7 Å². The van der Waals surface area contributed by atoms with E-state index in [1.165, 1.54) is 51.4 Å². The Hall–Kier alpha value is -2.40. The van der Waals surface area contributed by atoms with Gasteiger partial charge in [0.25, 0.3) is 5.91 Å². The lowest BCUT2D eigenvalue weighted by atomic mass is 9.72. The highest BCUT2D eigenvalue weighted by Crippen LogP contribution is 2.38. The minimum Gasteiger partial charge on any atom is -0.371 e. The average molecular weight is 436 g/mol. The molecule has 1 aliphatic carbocycles. The van der Waals surface area contributed by atoms with E-state index in [0.29, 0.717) is 0 Å². The molecule has 1 saturated heterocycles. The van der Waals surface area contributed by atoms with E-state index in [9.17, 15) is 10.0 Å². The summed E-state index contributed by atoms with van der Waals surface area (Å²) in [5, 5.41) is 11.1. The van der Waals surface area contributed by atoms with Crippen LogP contribution in [0.3, 0.4) is 0 Å². The van der Waals surface area contributed by atoms with Crippen LogP contribution < -0.4 is 4.90 Å². The molecule has 1 N–H and O–H groups in total. The SMILES string of the molecule is CC1CCCCCCC1C1CCN(c2ccnc(C(=O)N(O)Cc3ccccc3)c2)CC1. The first kappa shape index (κ1) is 22.8. The minimum atomic E-state index is -0.464. The largest absolute Gasteiger partial charge is 0.371 e. The molecule has 2 heterocycles. The van der Waals surface area contributed by atoms with Crippen LogP contribution in [0.2, 0.25) is 0 Å². The number of anilines is 1. The maximum absolute atomic E-state index is 12.7. The van der Waals surface area contributed by atoms with Crippen LogP contribution in [0.4, 0.5) is 5.69 Å². The maximum Gasteiger partial charge on any atom is 0.296 e. The molecule has 5 heteroatoms. The first-order chi connectivity index (χ1) is 15.6. The van der Waals surface area contributed by atoms with Gasteiger partial charge in [0.15, 0.2) is 0 Å². The van der Waals surface area contributed by atoms with E-state index in [-0.39, 0.29) is 12.2 Å². The summed E-state index contributed by atoms with van der Waals surface area (Å²) in [6, 6.07) is 13.3. The van der Waals surface area contributed by atoms with E-state index >= 15 is 0 Å². The fraction of sp³-hybridized carbons (Fsp3) is 0.556. The topological polar surface area (TPSA) is 56.7 Å². The van der Waals surface area contributed by atoms with E-state index in [1.807, 2.05) is 42.5 Å². The van der Waals surface area contributed by atoms with Crippen molar-refractivity contribution in [2.24, 2.45) is 17.8 Å². The Balaban J connectivity index is 1.36. The van der Waals surface area contributed by atoms with Crippen LogP contribution in [-0.2, 0) is 6.54 Å². The normalized spacial score (nSPS) is 22.8. The highest BCUT2D eigenvalue weighted by molar-refractivity contribution is 5.92. The Bertz CT molecular complexity index is 864. The number of amides is 1. The van der Waals surface area contributed by atoms with Crippen molar-refractivity contribution in [3.8, 4) is 0 Å². The fourth-order valence-electron chi connectivity index (χ4n) is 5.68. The quantitative estimate of drug-likeness (QED) is 0.467. The fourth-order valence-corrected chi connectivity index (χ4v) is 5.68. The van der Waals surface area contributed by atoms with Crippen molar-refractivity contribution < 1.29 is 10.0 Å². The molecule has 2 atom stereocenters. The van der Waals surface area contributed by atoms with Crippen LogP contribution in [-0.4, -0.2) is 34.3 Å². The van der Waals surface area contributed by atoms with Crippen molar-refractivity contribution in [1.82, 2.24) is 10.0 Å². The second kappa shape index (κ2) is 11.0. The third-order valence-electron chi connectivity index (χ3n) is 7.56. The second-order valence-corrected chi connectivity index (χ2v) is 9.70. The molecule has 5 nitrogen and oxygen atoms in total. The number of hydroxylamine groups is 2. The monoisotopic (exact) mass is 435 g/mol. The zero-order chi connectivity index (χ0) is 22.3. The first-order valence-corrected chi connectivity index (χ1v) is 12.4. The third-order valence-corrected chi connectivity index (χ3v) is 7.56. The van der Waals surface area contributed by atoms with E-state index in [2.05, 4.69) is 16.8 Å². The highest BCUT2D eigenvalue weighted by Gasteiger charge is 2.30. The van der Waals surface area contributed by atoms with Crippen LogP contribution >= 0.6 is 0 Å². The van der Waals surface area contributed by atoms with Gasteiger partial charge in [-0.2, -0.15) is 0 Å². The molecule has 0 bridgehead atoms. The third kappa shape index (κ3) is 5.69. The van der Waals surface area contributed by atoms with Crippen LogP contribution in [0.15, 0.2) is 48.7 Å². The molecule has 32 heavy (non-hydrogen) atoms. The highest BCUT2D eigenvalue weighted by atomic mass is 16.5. The van der Waals surface area contributed by atoms with Gasteiger partial charge in [-0.25, -0.2) is 5.06 Å². The Morgan fingerprint density at radius 2 is 1.75 bits per heavy atom. The summed E-state index contributed by atoms with van der Waals surface area (Å²) >= 11 is 0. The molecule has 0 spiro atoms. The van der Waals surface area contributed by atoms with Gasteiger partial charge in [-0.1, -0.05) is 69.4 Å². The van der Waals surface area contributed by atoms with Crippen molar-refractivity contribution in [1.29, 1.82) is 0 Å². The van der Waals surface area contributed by atoms with Gasteiger partial charge >= 0.3 is 0 Å². The standard InChI is InChI=1S/C27H37N3O2/c1-21-9-5-2-3-8-12-25(21)23-14-17-29(18-15-23)24-13-16-28-26(19-24)27(31)30(32)20-22-10-6-4-7-11-22/h4,6-7,10-11,13,16,19,21,23,25,32H,2-3,5,8-9,12,14-15,17-18,20H2,1H3. The lowest BCUT2D eigenvalue weighted by Crippen LogP contribution is -2.38. The van der Waals surface area contributed by atoms with Gasteiger partial charge in [0.1, 0.15) is 5.69 Å². The molecule has 1 aromatic carbocycles. The summed E-state index contributed by atoms with van der Waals surface area (Å²) in [6.07, 6.45) is 12.5. The number of hydrogen-bond acceptors (Lipinski definition) is 4. The van der Waals surface area contributed by atoms with Crippen LogP contribution in [0.5, 0.6) is 0 Å². The molecule has 0 radical (unpaired) electrons. The summed E-state index contributed by atoms with van der Waals surface area (Å²) in [4.78, 5) is 19.3. The molecule has 2 aromatic rings. The molecule has 1 aliphatic heterocycles. The molecule has 1 aromatic heterocycles. The van der Waals surface area contributed by atoms with Crippen LogP contribution in [0, 0.1) is 17.8 Å². The van der Waals surface area contributed by atoms with Gasteiger partial charge in [-0.15, -0.1) is 0 Å². The first-order valence-electron chi connectivity index (χ1n) is 12.4. The van der Waals surface area contributed by atoms with Crippen molar-refractivity contribution in [3.05, 3.63) is 59.9 Å². The van der Waals surface area contributed by atoms with Crippen molar-refractivity contribution in [3.63, 3.8) is 0 Å². The van der Waals surface area contributed by atoms with Gasteiger partial charge in [0.2, 0.25) is 0 Å². The second-order valence-electron chi connectivity index (χ2n) is 9.70. The molecular formula is C27H37N3O2. The number of nitrogens with zero attached hydrogens (tertiary/aromatic N) is 3. The summed E-state index contributed by atoms with van der Waals surface area (Å²) in [7, 11) is 0. The van der Waals surface area contributed by atoms with Crippen molar-refractivity contribution in [2.45, 2.75) is 64.8 Å². The lowest BCUT2D eigenvalue weighted by molar-refractivity contribution is -0.0652. The van der Waals surface area contributed by atoms with Crippen molar-refractivity contribution >= 4 is 11.6 Å². The van der Waals surface area contributed by atoms with E-state index < -0.39 is 5.91 Å². The number of pyridine rings is 1. The van der Waals surface area contributed by atoms with Crippen molar-refractivity contribution in [2.75, 3.05) is 18.0 Å². The Labute approximate surface area is 192 Å².